The van der Waals surface area contributed by atoms with Crippen molar-refractivity contribution in [2.75, 3.05) is 6.61 Å². The zero-order chi connectivity index (χ0) is 16.8. The Morgan fingerprint density at radius 1 is 1.17 bits per heavy atom. The Labute approximate surface area is 152 Å². The van der Waals surface area contributed by atoms with Gasteiger partial charge in [-0.05, 0) is 71.5 Å². The molecule has 0 bridgehead atoms. The van der Waals surface area contributed by atoms with E-state index in [1.54, 1.807) is 30.8 Å². The van der Waals surface area contributed by atoms with E-state index >= 15 is 0 Å². The molecule has 0 aliphatic rings. The Hall–Kier alpha value is -1.54. The van der Waals surface area contributed by atoms with Crippen LogP contribution in [0.25, 0.3) is 0 Å². The van der Waals surface area contributed by atoms with Gasteiger partial charge in [-0.15, -0.1) is 0 Å². The summed E-state index contributed by atoms with van der Waals surface area (Å²) in [4.78, 5) is 24.4. The third-order valence-electron chi connectivity index (χ3n) is 2.94. The molecule has 120 valence electrons. The van der Waals surface area contributed by atoms with Crippen LogP contribution in [0.2, 0.25) is 0 Å². The average Bonchev–Trinajstić information content (AvgIpc) is 2.50. The number of esters is 1. The van der Waals surface area contributed by atoms with E-state index < -0.39 is 5.97 Å². The number of hydrogen-bond acceptors (Lipinski definition) is 4. The van der Waals surface area contributed by atoms with Gasteiger partial charge in [0, 0.05) is 13.4 Å². The van der Waals surface area contributed by atoms with E-state index in [0.717, 1.165) is 18.9 Å². The predicted molar refractivity (Wildman–Crippen MR) is 97.0 cm³/mol. The van der Waals surface area contributed by atoms with Crippen LogP contribution in [0.5, 0.6) is 0 Å². The maximum atomic E-state index is 11.6. The fourth-order valence-corrected chi connectivity index (χ4v) is 3.64. The Morgan fingerprint density at radius 2 is 1.87 bits per heavy atom. The molecule has 0 amide bonds. The second kappa shape index (κ2) is 8.35. The van der Waals surface area contributed by atoms with Crippen LogP contribution in [0.3, 0.4) is 0 Å². The zero-order valence-corrected chi connectivity index (χ0v) is 15.4. The van der Waals surface area contributed by atoms with E-state index in [1.165, 1.54) is 0 Å². The van der Waals surface area contributed by atoms with Crippen molar-refractivity contribution in [3.8, 4) is 0 Å². The van der Waals surface area contributed by atoms with Crippen LogP contribution >= 0.6 is 34.4 Å². The van der Waals surface area contributed by atoms with Crippen molar-refractivity contribution in [3.63, 3.8) is 0 Å². The summed E-state index contributed by atoms with van der Waals surface area (Å²) in [5.41, 5.74) is 1.31. The van der Waals surface area contributed by atoms with Crippen LogP contribution < -0.4 is 0 Å². The molecule has 2 rings (SSSR count). The van der Waals surface area contributed by atoms with Gasteiger partial charge in [0.05, 0.1) is 18.6 Å². The van der Waals surface area contributed by atoms with Gasteiger partial charge in [-0.3, -0.25) is 4.79 Å². The molecule has 0 fully saturated rings. The average molecular weight is 442 g/mol. The minimum Gasteiger partial charge on any atom is -0.481 e. The number of carbonyl (C=O) groups excluding carboxylic acids is 1. The molecule has 6 heteroatoms. The van der Waals surface area contributed by atoms with Crippen molar-refractivity contribution >= 4 is 46.3 Å². The lowest BCUT2D eigenvalue weighted by molar-refractivity contribution is -0.136. The first-order chi connectivity index (χ1) is 11.0. The lowest BCUT2D eigenvalue weighted by Gasteiger charge is -2.07. The number of hydrogen-bond donors (Lipinski definition) is 1. The third kappa shape index (κ3) is 5.24. The topological polar surface area (TPSA) is 63.6 Å². The first kappa shape index (κ1) is 17.8. The van der Waals surface area contributed by atoms with Crippen molar-refractivity contribution in [2.24, 2.45) is 0 Å². The highest BCUT2D eigenvalue weighted by atomic mass is 127. The number of ether oxygens (including phenoxy) is 1. The van der Waals surface area contributed by atoms with Crippen molar-refractivity contribution < 1.29 is 19.4 Å². The Balaban J connectivity index is 2.10. The second-order valence-corrected chi connectivity index (χ2v) is 6.96. The minimum atomic E-state index is -0.837. The van der Waals surface area contributed by atoms with Gasteiger partial charge in [0.2, 0.25) is 0 Å². The molecule has 0 saturated carbocycles. The van der Waals surface area contributed by atoms with Gasteiger partial charge in [-0.1, -0.05) is 17.8 Å². The predicted octanol–water partition coefficient (Wildman–Crippen LogP) is 4.25. The summed E-state index contributed by atoms with van der Waals surface area (Å²) < 4.78 is 5.96. The molecule has 0 heterocycles. The number of halogens is 1. The fourth-order valence-electron chi connectivity index (χ4n) is 1.91. The Kier molecular flexibility index (Phi) is 6.47. The number of rotatable bonds is 6. The lowest BCUT2D eigenvalue weighted by Crippen LogP contribution is -2.03. The molecule has 23 heavy (non-hydrogen) atoms. The largest absolute Gasteiger partial charge is 0.481 e. The Morgan fingerprint density at radius 3 is 2.43 bits per heavy atom. The third-order valence-corrected chi connectivity index (χ3v) is 5.29. The summed E-state index contributed by atoms with van der Waals surface area (Å²) >= 11 is 3.77. The molecule has 4 nitrogen and oxygen atoms in total. The van der Waals surface area contributed by atoms with Gasteiger partial charge < -0.3 is 9.84 Å². The van der Waals surface area contributed by atoms with Crippen molar-refractivity contribution in [1.29, 1.82) is 0 Å². The molecule has 0 aliphatic heterocycles. The molecular weight excluding hydrogens is 427 g/mol. The van der Waals surface area contributed by atoms with Gasteiger partial charge in [0.25, 0.3) is 0 Å². The van der Waals surface area contributed by atoms with Crippen LogP contribution in [0.15, 0.2) is 52.3 Å². The standard InChI is InChI=1S/C17H15IO4S/c1-2-22-17(21)12-4-6-13(7-5-12)23-15-8-3-11(9-14(15)18)10-16(19)20/h3-9H,2,10H2,1H3,(H,19,20). The maximum absolute atomic E-state index is 11.6. The van der Waals surface area contributed by atoms with E-state index in [0.29, 0.717) is 12.2 Å². The molecule has 0 spiro atoms. The normalized spacial score (nSPS) is 10.3. The zero-order valence-electron chi connectivity index (χ0n) is 12.4. The molecule has 0 aliphatic carbocycles. The maximum Gasteiger partial charge on any atom is 0.338 e. The monoisotopic (exact) mass is 442 g/mol. The van der Waals surface area contributed by atoms with Gasteiger partial charge in [-0.2, -0.15) is 0 Å². The van der Waals surface area contributed by atoms with Gasteiger partial charge in [0.1, 0.15) is 0 Å². The smallest absolute Gasteiger partial charge is 0.338 e. The van der Waals surface area contributed by atoms with Gasteiger partial charge in [0.15, 0.2) is 0 Å². The number of benzene rings is 2. The quantitative estimate of drug-likeness (QED) is 0.536. The number of carbonyl (C=O) groups is 2. The van der Waals surface area contributed by atoms with Crippen LogP contribution in [0, 0.1) is 3.57 Å². The summed E-state index contributed by atoms with van der Waals surface area (Å²) in [5.74, 6) is -1.16. The van der Waals surface area contributed by atoms with Crippen molar-refractivity contribution in [3.05, 3.63) is 57.2 Å². The molecule has 0 unspecified atom stereocenters. The second-order valence-electron chi connectivity index (χ2n) is 4.68. The molecule has 1 N–H and O–H groups in total. The van der Waals surface area contributed by atoms with Crippen molar-refractivity contribution in [1.82, 2.24) is 0 Å². The lowest BCUT2D eigenvalue weighted by atomic mass is 10.2. The van der Waals surface area contributed by atoms with E-state index in [1.807, 2.05) is 30.3 Å². The number of carboxylic acid groups (broad SMARTS) is 1. The summed E-state index contributed by atoms with van der Waals surface area (Å²) in [7, 11) is 0. The molecule has 0 saturated heterocycles. The minimum absolute atomic E-state index is 0.0230. The fraction of sp³-hybridized carbons (Fsp3) is 0.176. The number of carboxylic acids is 1. The van der Waals surface area contributed by atoms with Crippen LogP contribution in [0.4, 0.5) is 0 Å². The van der Waals surface area contributed by atoms with Crippen LogP contribution in [-0.2, 0) is 16.0 Å². The first-order valence-electron chi connectivity index (χ1n) is 6.95. The van der Waals surface area contributed by atoms with Crippen LogP contribution in [-0.4, -0.2) is 23.7 Å². The molecule has 0 atom stereocenters. The highest BCUT2D eigenvalue weighted by molar-refractivity contribution is 14.1. The molecule has 0 radical (unpaired) electrons. The summed E-state index contributed by atoms with van der Waals surface area (Å²) in [6.45, 7) is 2.13. The summed E-state index contributed by atoms with van der Waals surface area (Å²) in [6.07, 6.45) is 0.0230. The molecule has 2 aromatic carbocycles. The SMILES string of the molecule is CCOC(=O)c1ccc(Sc2ccc(CC(=O)O)cc2I)cc1. The van der Waals surface area contributed by atoms with E-state index in [2.05, 4.69) is 22.6 Å². The molecule has 2 aromatic rings. The molecular formula is C17H15IO4S. The summed E-state index contributed by atoms with van der Waals surface area (Å²) in [6, 6.07) is 12.9. The van der Waals surface area contributed by atoms with Crippen molar-refractivity contribution in [2.45, 2.75) is 23.1 Å². The highest BCUT2D eigenvalue weighted by Gasteiger charge is 2.08. The van der Waals surface area contributed by atoms with Gasteiger partial charge in [-0.25, -0.2) is 4.79 Å². The Bertz CT molecular complexity index is 713. The molecule has 0 aromatic heterocycles. The van der Waals surface area contributed by atoms with E-state index in [-0.39, 0.29) is 12.4 Å². The van der Waals surface area contributed by atoms with E-state index in [4.69, 9.17) is 9.84 Å². The summed E-state index contributed by atoms with van der Waals surface area (Å²) in [5, 5.41) is 8.83. The number of aliphatic carboxylic acids is 1. The highest BCUT2D eigenvalue weighted by Crippen LogP contribution is 2.32. The van der Waals surface area contributed by atoms with Crippen LogP contribution in [0.1, 0.15) is 22.8 Å². The first-order valence-corrected chi connectivity index (χ1v) is 8.84. The van der Waals surface area contributed by atoms with E-state index in [9.17, 15) is 9.59 Å². The van der Waals surface area contributed by atoms with Gasteiger partial charge >= 0.3 is 11.9 Å².